The van der Waals surface area contributed by atoms with Crippen LogP contribution in [0.3, 0.4) is 0 Å². The van der Waals surface area contributed by atoms with Crippen molar-refractivity contribution in [2.24, 2.45) is 5.10 Å². The third-order valence-electron chi connectivity index (χ3n) is 4.47. The number of hydrogen-bond donors (Lipinski definition) is 1. The predicted octanol–water partition coefficient (Wildman–Crippen LogP) is 1.13. The van der Waals surface area contributed by atoms with E-state index in [1.807, 2.05) is 0 Å². The van der Waals surface area contributed by atoms with Crippen molar-refractivity contribution in [3.8, 4) is 0 Å². The van der Waals surface area contributed by atoms with Gasteiger partial charge < -0.3 is 19.3 Å². The van der Waals surface area contributed by atoms with Gasteiger partial charge in [-0.25, -0.2) is 9.82 Å². The number of morpholine rings is 2. The molecule has 2 fully saturated rings. The summed E-state index contributed by atoms with van der Waals surface area (Å²) < 4.78 is 24.5. The number of ether oxygens (including phenoxy) is 2. The van der Waals surface area contributed by atoms with E-state index in [4.69, 9.17) is 9.47 Å². The van der Waals surface area contributed by atoms with Gasteiger partial charge in [-0.3, -0.25) is 0 Å². The van der Waals surface area contributed by atoms with E-state index < -0.39 is 0 Å². The Labute approximate surface area is 162 Å². The van der Waals surface area contributed by atoms with Gasteiger partial charge in [-0.15, -0.1) is 0 Å². The molecule has 28 heavy (non-hydrogen) atoms. The number of anilines is 3. The second-order valence-corrected chi connectivity index (χ2v) is 6.35. The van der Waals surface area contributed by atoms with E-state index in [0.29, 0.717) is 76.0 Å². The van der Waals surface area contributed by atoms with E-state index in [0.717, 1.165) is 0 Å². The van der Waals surface area contributed by atoms with Gasteiger partial charge in [0.25, 0.3) is 0 Å². The Morgan fingerprint density at radius 3 is 2.04 bits per heavy atom. The van der Waals surface area contributed by atoms with Gasteiger partial charge in [-0.2, -0.15) is 20.1 Å². The van der Waals surface area contributed by atoms with Crippen LogP contribution in [0.1, 0.15) is 5.56 Å². The molecule has 0 radical (unpaired) electrons. The second kappa shape index (κ2) is 8.89. The molecule has 0 unspecified atom stereocenters. The zero-order valence-electron chi connectivity index (χ0n) is 15.4. The topological polar surface area (TPSA) is 88.0 Å². The van der Waals surface area contributed by atoms with Crippen molar-refractivity contribution in [2.45, 2.75) is 0 Å². The highest BCUT2D eigenvalue weighted by atomic mass is 19.1. The van der Waals surface area contributed by atoms with Crippen LogP contribution < -0.4 is 15.2 Å². The molecule has 0 amide bonds. The first-order chi connectivity index (χ1) is 13.8. The Kier molecular flexibility index (Phi) is 5.88. The van der Waals surface area contributed by atoms with Crippen LogP contribution in [-0.4, -0.2) is 73.8 Å². The van der Waals surface area contributed by atoms with Crippen LogP contribution in [0.4, 0.5) is 22.2 Å². The highest BCUT2D eigenvalue weighted by molar-refractivity contribution is 5.80. The zero-order chi connectivity index (χ0) is 19.2. The number of nitrogens with zero attached hydrogens (tertiary/aromatic N) is 6. The molecule has 4 rings (SSSR count). The normalized spacial score (nSPS) is 17.9. The summed E-state index contributed by atoms with van der Waals surface area (Å²) in [6.07, 6.45) is 1.40. The fourth-order valence-electron chi connectivity index (χ4n) is 2.95. The molecule has 0 aliphatic carbocycles. The summed E-state index contributed by atoms with van der Waals surface area (Å²) in [6.45, 7) is 5.38. The minimum atomic E-state index is -0.341. The summed E-state index contributed by atoms with van der Waals surface area (Å²) in [5, 5.41) is 4.09. The number of hydrogen-bond acceptors (Lipinski definition) is 9. The van der Waals surface area contributed by atoms with Gasteiger partial charge in [-0.1, -0.05) is 18.2 Å². The standard InChI is InChI=1S/C18H22FN7O2/c19-15-4-2-1-3-14(15)13-20-24-16-21-17(25-5-9-27-10-6-25)23-18(22-16)26-7-11-28-12-8-26/h1-4,13H,5-12H2,(H,21,22,23,24)/b20-13-. The fraction of sp³-hybridized carbons (Fsp3) is 0.444. The highest BCUT2D eigenvalue weighted by Crippen LogP contribution is 2.18. The SMILES string of the molecule is Fc1ccccc1/C=N\Nc1nc(N2CCOCC2)nc(N2CCOCC2)n1. The predicted molar refractivity (Wildman–Crippen MR) is 104 cm³/mol. The largest absolute Gasteiger partial charge is 0.378 e. The summed E-state index contributed by atoms with van der Waals surface area (Å²) in [5.41, 5.74) is 3.18. The molecule has 0 atom stereocenters. The van der Waals surface area contributed by atoms with Gasteiger partial charge in [0, 0.05) is 31.7 Å². The van der Waals surface area contributed by atoms with Crippen LogP contribution in [-0.2, 0) is 9.47 Å². The van der Waals surface area contributed by atoms with Gasteiger partial charge in [0.15, 0.2) is 0 Å². The van der Waals surface area contributed by atoms with Gasteiger partial charge in [0.05, 0.1) is 32.6 Å². The number of hydrazone groups is 1. The molecule has 1 aromatic heterocycles. The molecular weight excluding hydrogens is 365 g/mol. The van der Waals surface area contributed by atoms with Crippen LogP contribution in [0.5, 0.6) is 0 Å². The Morgan fingerprint density at radius 2 is 1.46 bits per heavy atom. The van der Waals surface area contributed by atoms with Crippen LogP contribution in [0.25, 0.3) is 0 Å². The van der Waals surface area contributed by atoms with E-state index in [2.05, 4.69) is 35.3 Å². The van der Waals surface area contributed by atoms with E-state index in [1.165, 1.54) is 12.3 Å². The molecule has 1 aromatic carbocycles. The van der Waals surface area contributed by atoms with Crippen molar-refractivity contribution in [2.75, 3.05) is 67.8 Å². The van der Waals surface area contributed by atoms with E-state index in [9.17, 15) is 4.39 Å². The van der Waals surface area contributed by atoms with E-state index in [1.54, 1.807) is 18.2 Å². The maximum Gasteiger partial charge on any atom is 0.250 e. The van der Waals surface area contributed by atoms with Gasteiger partial charge in [-0.05, 0) is 6.07 Å². The van der Waals surface area contributed by atoms with Crippen molar-refractivity contribution in [1.29, 1.82) is 0 Å². The maximum absolute atomic E-state index is 13.7. The lowest BCUT2D eigenvalue weighted by Crippen LogP contribution is -2.40. The first-order valence-corrected chi connectivity index (χ1v) is 9.25. The van der Waals surface area contributed by atoms with Crippen molar-refractivity contribution in [1.82, 2.24) is 15.0 Å². The molecule has 3 heterocycles. The molecule has 2 aliphatic heterocycles. The summed E-state index contributed by atoms with van der Waals surface area (Å²) in [4.78, 5) is 17.7. The fourth-order valence-corrected chi connectivity index (χ4v) is 2.95. The van der Waals surface area contributed by atoms with Crippen LogP contribution >= 0.6 is 0 Å². The quantitative estimate of drug-likeness (QED) is 0.604. The molecule has 2 aromatic rings. The highest BCUT2D eigenvalue weighted by Gasteiger charge is 2.20. The number of benzene rings is 1. The Balaban J connectivity index is 1.56. The monoisotopic (exact) mass is 387 g/mol. The van der Waals surface area contributed by atoms with Crippen molar-refractivity contribution in [3.63, 3.8) is 0 Å². The van der Waals surface area contributed by atoms with E-state index in [-0.39, 0.29) is 5.82 Å². The van der Waals surface area contributed by atoms with Gasteiger partial charge in [0.1, 0.15) is 5.82 Å². The van der Waals surface area contributed by atoms with Crippen LogP contribution in [0, 0.1) is 5.82 Å². The first-order valence-electron chi connectivity index (χ1n) is 9.25. The van der Waals surface area contributed by atoms with Crippen LogP contribution in [0.2, 0.25) is 0 Å². The Hall–Kier alpha value is -2.85. The molecular formula is C18H22FN7O2. The third kappa shape index (κ3) is 4.52. The third-order valence-corrected chi connectivity index (χ3v) is 4.47. The lowest BCUT2D eigenvalue weighted by atomic mass is 10.2. The molecule has 148 valence electrons. The van der Waals surface area contributed by atoms with Crippen molar-refractivity contribution >= 4 is 24.1 Å². The zero-order valence-corrected chi connectivity index (χ0v) is 15.4. The smallest absolute Gasteiger partial charge is 0.250 e. The minimum absolute atomic E-state index is 0.311. The molecule has 9 nitrogen and oxygen atoms in total. The number of aromatic nitrogens is 3. The molecule has 2 saturated heterocycles. The first kappa shape index (κ1) is 18.5. The molecule has 0 spiro atoms. The summed E-state index contributed by atoms with van der Waals surface area (Å²) >= 11 is 0. The average Bonchev–Trinajstić information content (AvgIpc) is 2.76. The Bertz CT molecular complexity index is 787. The second-order valence-electron chi connectivity index (χ2n) is 6.35. The lowest BCUT2D eigenvalue weighted by molar-refractivity contribution is 0.121. The molecule has 0 saturated carbocycles. The number of nitrogens with one attached hydrogen (secondary N) is 1. The number of rotatable bonds is 5. The van der Waals surface area contributed by atoms with E-state index >= 15 is 0 Å². The molecule has 2 aliphatic rings. The van der Waals surface area contributed by atoms with Gasteiger partial charge >= 0.3 is 0 Å². The summed E-state index contributed by atoms with van der Waals surface area (Å²) in [7, 11) is 0. The maximum atomic E-state index is 13.7. The minimum Gasteiger partial charge on any atom is -0.378 e. The van der Waals surface area contributed by atoms with Gasteiger partial charge in [0.2, 0.25) is 17.8 Å². The molecule has 1 N–H and O–H groups in total. The van der Waals surface area contributed by atoms with Crippen molar-refractivity contribution < 1.29 is 13.9 Å². The summed E-state index contributed by atoms with van der Waals surface area (Å²) in [6, 6.07) is 6.42. The summed E-state index contributed by atoms with van der Waals surface area (Å²) in [5.74, 6) is 1.11. The van der Waals surface area contributed by atoms with Crippen molar-refractivity contribution in [3.05, 3.63) is 35.6 Å². The van der Waals surface area contributed by atoms with Crippen LogP contribution in [0.15, 0.2) is 29.4 Å². The average molecular weight is 387 g/mol. The number of halogens is 1. The lowest BCUT2D eigenvalue weighted by Gasteiger charge is -2.30. The molecule has 0 bridgehead atoms. The molecule has 10 heteroatoms. The Morgan fingerprint density at radius 1 is 0.893 bits per heavy atom.